The molecule has 3 heterocycles. The zero-order chi connectivity index (χ0) is 49.8. The molecule has 2 fully saturated rings. The van der Waals surface area contributed by atoms with E-state index in [0.717, 1.165) is 59.0 Å². The number of rotatable bonds is 13. The first-order valence-electron chi connectivity index (χ1n) is 23.8. The zero-order valence-corrected chi connectivity index (χ0v) is 41.1. The van der Waals surface area contributed by atoms with Crippen LogP contribution in [0.3, 0.4) is 0 Å². The van der Waals surface area contributed by atoms with Gasteiger partial charge in [-0.1, -0.05) is 30.3 Å². The van der Waals surface area contributed by atoms with Gasteiger partial charge >= 0.3 is 0 Å². The molecule has 6 aromatic carbocycles. The fourth-order valence-electron chi connectivity index (χ4n) is 9.75. The van der Waals surface area contributed by atoms with E-state index in [9.17, 15) is 24.2 Å². The van der Waals surface area contributed by atoms with Crippen LogP contribution in [0.4, 0.5) is 32.8 Å². The second-order valence-electron chi connectivity index (χ2n) is 18.6. The van der Waals surface area contributed by atoms with E-state index in [-0.39, 0.29) is 27.8 Å². The summed E-state index contributed by atoms with van der Waals surface area (Å²) in [5.74, 6) is 0.248. The molecule has 3 aliphatic heterocycles. The van der Waals surface area contributed by atoms with E-state index in [0.29, 0.717) is 79.0 Å². The number of hydrogen-bond acceptors (Lipinski definition) is 11. The molecular formula is C56H57FN8O5S. The molecule has 2 saturated heterocycles. The standard InChI is InChI=1S/C56H57FN8O5S/c1-61(2)43-21-24-46-50(34-43)70-51-35-44(62(3)4)22-25-47(51)52(46)48-33-41(20-23-45(48)53(67)68)58-55(71)60-59-40-18-12-37(13-19-40)26-30-64-36-65(42-9-6-5-7-10-42)56(54(64)69)27-31-63(32-28-56)29-8-11-49(66)38-14-16-39(57)17-15-38/h5-7,9-10,12-25,33-35,67-68H,8,11,26-32,36H2,1-4H3,(H,58,71). The predicted molar refractivity (Wildman–Crippen MR) is 282 cm³/mol. The van der Waals surface area contributed by atoms with Gasteiger partial charge in [-0.25, -0.2) is 4.39 Å². The Kier molecular flexibility index (Phi) is 14.2. The first-order chi connectivity index (χ1) is 34.3. The van der Waals surface area contributed by atoms with Crippen LogP contribution in [-0.4, -0.2) is 103 Å². The summed E-state index contributed by atoms with van der Waals surface area (Å²) in [6.07, 6.45) is 3.11. The first kappa shape index (κ1) is 48.4. The third-order valence-corrected chi connectivity index (χ3v) is 13.9. The number of nitrogens with one attached hydrogen (secondary N) is 1. The maximum atomic E-state index is 14.4. The van der Waals surface area contributed by atoms with Crippen LogP contribution in [0.1, 0.15) is 52.7 Å². The molecule has 15 heteroatoms. The highest BCUT2D eigenvalue weighted by Gasteiger charge is 2.53. The normalized spacial score (nSPS) is 15.1. The number of azo groups is 1. The third kappa shape index (κ3) is 10.5. The number of amides is 1. The lowest BCUT2D eigenvalue weighted by Crippen LogP contribution is -2.56. The predicted octanol–water partition coefficient (Wildman–Crippen LogP) is 9.32. The largest absolute Gasteiger partial charge is 0.481 e. The van der Waals surface area contributed by atoms with Crippen LogP contribution in [0.5, 0.6) is 11.5 Å². The van der Waals surface area contributed by atoms with Crippen LogP contribution in [0.25, 0.3) is 11.5 Å². The summed E-state index contributed by atoms with van der Waals surface area (Å²) >= 11 is 5.64. The van der Waals surface area contributed by atoms with Crippen molar-refractivity contribution >= 4 is 69.0 Å². The maximum Gasteiger partial charge on any atom is 0.282 e. The summed E-state index contributed by atoms with van der Waals surface area (Å²) in [4.78, 5) is 37.7. The number of ether oxygens (including phenoxy) is 1. The summed E-state index contributed by atoms with van der Waals surface area (Å²) in [6, 6.07) is 40.6. The van der Waals surface area contributed by atoms with E-state index in [1.807, 2.05) is 128 Å². The minimum Gasteiger partial charge on any atom is -0.481 e. The van der Waals surface area contributed by atoms with Gasteiger partial charge in [-0.15, -0.1) is 10.2 Å². The summed E-state index contributed by atoms with van der Waals surface area (Å²) in [5, 5.41) is 33.9. The van der Waals surface area contributed by atoms with Crippen LogP contribution in [0.2, 0.25) is 0 Å². The Morgan fingerprint density at radius 1 is 0.803 bits per heavy atom. The molecule has 13 nitrogen and oxygen atoms in total. The third-order valence-electron chi connectivity index (χ3n) is 13.7. The van der Waals surface area contributed by atoms with Crippen molar-refractivity contribution in [3.8, 4) is 11.5 Å². The molecule has 0 aromatic heterocycles. The van der Waals surface area contributed by atoms with Crippen molar-refractivity contribution < 1.29 is 28.9 Å². The molecule has 0 radical (unpaired) electrons. The van der Waals surface area contributed by atoms with Gasteiger partial charge in [-0.2, -0.15) is 0 Å². The highest BCUT2D eigenvalue weighted by atomic mass is 32.1. The van der Waals surface area contributed by atoms with Gasteiger partial charge in [-0.3, -0.25) is 9.59 Å². The maximum absolute atomic E-state index is 14.4. The molecule has 0 saturated carbocycles. The molecule has 6 aromatic rings. The van der Waals surface area contributed by atoms with E-state index in [1.54, 1.807) is 12.1 Å². The second kappa shape index (κ2) is 20.8. The molecule has 9 rings (SSSR count). The highest BCUT2D eigenvalue weighted by Crippen LogP contribution is 2.45. The van der Waals surface area contributed by atoms with E-state index >= 15 is 0 Å². The first-order valence-corrected chi connectivity index (χ1v) is 24.2. The number of benzene rings is 6. The fourth-order valence-corrected chi connectivity index (χ4v) is 9.90. The lowest BCUT2D eigenvalue weighted by Gasteiger charge is -2.43. The molecule has 3 N–H and O–H groups in total. The quantitative estimate of drug-likeness (QED) is 0.0580. The van der Waals surface area contributed by atoms with E-state index in [4.69, 9.17) is 17.0 Å². The van der Waals surface area contributed by atoms with Crippen LogP contribution in [0.15, 0.2) is 144 Å². The molecule has 3 aliphatic rings. The van der Waals surface area contributed by atoms with Crippen molar-refractivity contribution in [1.82, 2.24) is 9.80 Å². The van der Waals surface area contributed by atoms with Crippen molar-refractivity contribution in [1.29, 1.82) is 0 Å². The van der Waals surface area contributed by atoms with E-state index < -0.39 is 11.5 Å². The van der Waals surface area contributed by atoms with Crippen LogP contribution < -0.4 is 35.2 Å². The van der Waals surface area contributed by atoms with Crippen LogP contribution in [-0.2, 0) is 11.2 Å². The number of carbonyl (C=O) groups is 2. The van der Waals surface area contributed by atoms with Crippen molar-refractivity contribution in [2.75, 3.05) is 81.1 Å². The summed E-state index contributed by atoms with van der Waals surface area (Å²) in [5.41, 5.74) is 7.38. The van der Waals surface area contributed by atoms with E-state index in [2.05, 4.69) is 37.5 Å². The van der Waals surface area contributed by atoms with Gasteiger partial charge in [0.1, 0.15) is 22.9 Å². The lowest BCUT2D eigenvalue weighted by molar-refractivity contribution is -0.133. The Bertz CT molecular complexity index is 3060. The summed E-state index contributed by atoms with van der Waals surface area (Å²) < 4.78 is 19.9. The number of aliphatic hydroxyl groups is 2. The molecule has 1 spiro atoms. The molecule has 71 heavy (non-hydrogen) atoms. The number of likely N-dealkylation sites (tertiary alicyclic amines) is 1. The molecule has 0 unspecified atom stereocenters. The SMILES string of the molecule is CN(C)c1ccc2c(c1)Oc1cc(N(C)C)ccc1C2=c1cc(NC(=S)N=Nc2ccc(CCN3CN(c4ccccc4)C4(CCN(CCCC(=O)c5ccc(F)cc5)CC4)C3=O)cc2)ccc1=C(O)O. The minimum absolute atomic E-state index is 0.00821. The average molecular weight is 973 g/mol. The van der Waals surface area contributed by atoms with Gasteiger partial charge in [0.25, 0.3) is 5.95 Å². The van der Waals surface area contributed by atoms with Crippen molar-refractivity contribution in [3.05, 3.63) is 172 Å². The summed E-state index contributed by atoms with van der Waals surface area (Å²) in [7, 11) is 7.85. The number of Topliss-reactive ketones (excluding diaryl/α,β-unsaturated/α-hetero) is 1. The Labute approximate surface area is 418 Å². The van der Waals surface area contributed by atoms with Gasteiger partial charge in [0.05, 0.1) is 17.6 Å². The number of hydrogen-bond donors (Lipinski definition) is 3. The van der Waals surface area contributed by atoms with Crippen molar-refractivity contribution in [3.63, 3.8) is 0 Å². The van der Waals surface area contributed by atoms with Gasteiger partial charge < -0.3 is 44.8 Å². The number of halogens is 1. The fraction of sp³-hybridized carbons (Fsp3) is 0.268. The molecule has 0 bridgehead atoms. The molecular weight excluding hydrogens is 916 g/mol. The molecule has 364 valence electrons. The topological polar surface area (TPSA) is 137 Å². The number of carbonyl (C=O) groups excluding carboxylic acids is 2. The molecule has 1 amide bonds. The Balaban J connectivity index is 0.855. The van der Waals surface area contributed by atoms with Gasteiger partial charge in [0, 0.05) is 111 Å². The number of ketones is 1. The number of anilines is 4. The number of aliphatic hydroxyl groups excluding tert-OH is 1. The van der Waals surface area contributed by atoms with Gasteiger partial charge in [-0.05, 0) is 146 Å². The monoisotopic (exact) mass is 972 g/mol. The Hall–Kier alpha value is -7.62. The van der Waals surface area contributed by atoms with Gasteiger partial charge in [0.2, 0.25) is 11.0 Å². The smallest absolute Gasteiger partial charge is 0.282 e. The number of piperidine rings is 1. The highest BCUT2D eigenvalue weighted by molar-refractivity contribution is 7.80. The van der Waals surface area contributed by atoms with Crippen molar-refractivity contribution in [2.45, 2.75) is 37.6 Å². The summed E-state index contributed by atoms with van der Waals surface area (Å²) in [6.45, 7) is 3.31. The number of thiocarbonyl (C=S) groups is 1. The average Bonchev–Trinajstić information content (AvgIpc) is 3.64. The second-order valence-corrected chi connectivity index (χ2v) is 19.0. The molecule has 0 aliphatic carbocycles. The minimum atomic E-state index is -0.819. The lowest BCUT2D eigenvalue weighted by atomic mass is 9.85. The van der Waals surface area contributed by atoms with Crippen LogP contribution >= 0.6 is 12.2 Å². The Morgan fingerprint density at radius 2 is 1.45 bits per heavy atom. The molecule has 0 atom stereocenters. The number of para-hydroxylation sites is 1. The van der Waals surface area contributed by atoms with Crippen molar-refractivity contribution in [2.24, 2.45) is 10.2 Å². The zero-order valence-electron chi connectivity index (χ0n) is 40.3. The Morgan fingerprint density at radius 3 is 2.07 bits per heavy atom. The van der Waals surface area contributed by atoms with E-state index in [1.165, 1.54) is 24.3 Å². The number of fused-ring (bicyclic) bond motifs is 2. The van der Waals surface area contributed by atoms with Crippen LogP contribution in [0, 0.1) is 5.82 Å². The number of nitrogens with zero attached hydrogens (tertiary/aromatic N) is 7. The van der Waals surface area contributed by atoms with Gasteiger partial charge in [0.15, 0.2) is 5.78 Å².